The van der Waals surface area contributed by atoms with Crippen LogP contribution in [0, 0.1) is 5.82 Å². The van der Waals surface area contributed by atoms with E-state index >= 15 is 0 Å². The molecule has 0 atom stereocenters. The summed E-state index contributed by atoms with van der Waals surface area (Å²) < 4.78 is 101. The Morgan fingerprint density at radius 1 is 0.882 bits per heavy atom. The van der Waals surface area contributed by atoms with Gasteiger partial charge in [-0.25, -0.2) is 9.37 Å². The molecule has 4 aromatic rings. The maximum atomic E-state index is 14.4. The molecule has 0 unspecified atom stereocenters. The molecule has 2 heterocycles. The maximum absolute atomic E-state index is 14.4. The number of aromatic amines is 1. The van der Waals surface area contributed by atoms with Crippen LogP contribution in [0.3, 0.4) is 0 Å². The number of nitrogens with one attached hydrogen (secondary N) is 1. The van der Waals surface area contributed by atoms with Crippen LogP contribution in [0.25, 0.3) is 33.7 Å². The molecule has 0 amide bonds. The molecule has 0 radical (unpaired) electrons. The molecule has 2 aromatic heterocycles. The number of imidazole rings is 1. The van der Waals surface area contributed by atoms with Crippen LogP contribution in [0.4, 0.5) is 30.7 Å². The van der Waals surface area contributed by atoms with Gasteiger partial charge in [-0.15, -0.1) is 12.4 Å². The van der Waals surface area contributed by atoms with Crippen molar-refractivity contribution in [3.63, 3.8) is 0 Å². The SMILES string of the molecule is CC(C)(C)c1cc(-c2nc3c(C(F)(F)F)cc(-c4c(F)cccc4C(F)(F)F)cc3[nH]2)on1.Cl. The fraction of sp³-hybridized carbons (Fsp3) is 0.273. The van der Waals surface area contributed by atoms with Crippen molar-refractivity contribution in [2.24, 2.45) is 0 Å². The molecular formula is C22H17ClF7N3O. The molecule has 0 spiro atoms. The molecule has 1 N–H and O–H groups in total. The lowest BCUT2D eigenvalue weighted by Gasteiger charge is -2.15. The molecule has 0 fully saturated rings. The van der Waals surface area contributed by atoms with Crippen LogP contribution in [0.15, 0.2) is 40.9 Å². The molecule has 4 rings (SSSR count). The minimum absolute atomic E-state index is 0. The van der Waals surface area contributed by atoms with Gasteiger partial charge in [-0.1, -0.05) is 32.0 Å². The zero-order valence-corrected chi connectivity index (χ0v) is 18.6. The third kappa shape index (κ3) is 4.61. The summed E-state index contributed by atoms with van der Waals surface area (Å²) in [5, 5.41) is 3.89. The van der Waals surface area contributed by atoms with Crippen molar-refractivity contribution < 1.29 is 35.3 Å². The minimum Gasteiger partial charge on any atom is -0.353 e. The molecule has 182 valence electrons. The fourth-order valence-electron chi connectivity index (χ4n) is 3.39. The Morgan fingerprint density at radius 2 is 1.53 bits per heavy atom. The van der Waals surface area contributed by atoms with Gasteiger partial charge in [0.15, 0.2) is 5.82 Å². The number of H-pyrrole nitrogens is 1. The van der Waals surface area contributed by atoms with Crippen molar-refractivity contribution in [2.75, 3.05) is 0 Å². The monoisotopic (exact) mass is 507 g/mol. The van der Waals surface area contributed by atoms with Gasteiger partial charge >= 0.3 is 12.4 Å². The second-order valence-electron chi connectivity index (χ2n) is 8.49. The van der Waals surface area contributed by atoms with E-state index in [2.05, 4.69) is 15.1 Å². The van der Waals surface area contributed by atoms with Crippen molar-refractivity contribution in [2.45, 2.75) is 38.5 Å². The van der Waals surface area contributed by atoms with Crippen molar-refractivity contribution in [1.82, 2.24) is 15.1 Å². The average Bonchev–Trinajstić information content (AvgIpc) is 3.32. The third-order valence-electron chi connectivity index (χ3n) is 5.01. The summed E-state index contributed by atoms with van der Waals surface area (Å²) in [5.74, 6) is -1.35. The number of benzene rings is 2. The first-order chi connectivity index (χ1) is 15.2. The number of halogens is 8. The van der Waals surface area contributed by atoms with Gasteiger partial charge in [-0.3, -0.25) is 0 Å². The van der Waals surface area contributed by atoms with E-state index in [1.54, 1.807) is 0 Å². The van der Waals surface area contributed by atoms with Crippen LogP contribution in [0.5, 0.6) is 0 Å². The Kier molecular flexibility index (Phi) is 6.23. The first-order valence-corrected chi connectivity index (χ1v) is 9.61. The quantitative estimate of drug-likeness (QED) is 0.282. The first-order valence-electron chi connectivity index (χ1n) is 9.61. The Hall–Kier alpha value is -3.08. The van der Waals surface area contributed by atoms with Gasteiger partial charge < -0.3 is 9.51 Å². The van der Waals surface area contributed by atoms with E-state index in [0.717, 1.165) is 18.2 Å². The summed E-state index contributed by atoms with van der Waals surface area (Å²) in [6.45, 7) is 5.57. The largest absolute Gasteiger partial charge is 0.418 e. The highest BCUT2D eigenvalue weighted by Crippen LogP contribution is 2.43. The molecule has 0 aliphatic heterocycles. The average molecular weight is 508 g/mol. The van der Waals surface area contributed by atoms with E-state index in [1.807, 2.05) is 20.8 Å². The molecule has 0 saturated heterocycles. The van der Waals surface area contributed by atoms with E-state index in [4.69, 9.17) is 4.52 Å². The van der Waals surface area contributed by atoms with Gasteiger partial charge in [0.05, 0.1) is 22.3 Å². The smallest absolute Gasteiger partial charge is 0.353 e. The Labute approximate surface area is 194 Å². The number of alkyl halides is 6. The summed E-state index contributed by atoms with van der Waals surface area (Å²) >= 11 is 0. The molecule has 12 heteroatoms. The van der Waals surface area contributed by atoms with Crippen LogP contribution < -0.4 is 0 Å². The van der Waals surface area contributed by atoms with E-state index < -0.39 is 51.4 Å². The predicted molar refractivity (Wildman–Crippen MR) is 113 cm³/mol. The highest BCUT2D eigenvalue weighted by molar-refractivity contribution is 5.88. The predicted octanol–water partition coefficient (Wildman–Crippen LogP) is 7.78. The number of rotatable bonds is 2. The second kappa shape index (κ2) is 8.30. The van der Waals surface area contributed by atoms with Gasteiger partial charge in [-0.05, 0) is 29.8 Å². The lowest BCUT2D eigenvalue weighted by molar-refractivity contribution is -0.137. The van der Waals surface area contributed by atoms with Gasteiger partial charge in [0.2, 0.25) is 5.76 Å². The van der Waals surface area contributed by atoms with Gasteiger partial charge in [0, 0.05) is 17.0 Å². The molecule has 0 aliphatic carbocycles. The molecule has 0 aliphatic rings. The van der Waals surface area contributed by atoms with Gasteiger partial charge in [0.25, 0.3) is 0 Å². The Bertz CT molecular complexity index is 1350. The van der Waals surface area contributed by atoms with Crippen molar-refractivity contribution in [1.29, 1.82) is 0 Å². The van der Waals surface area contributed by atoms with Crippen LogP contribution in [-0.4, -0.2) is 15.1 Å². The van der Waals surface area contributed by atoms with Crippen LogP contribution >= 0.6 is 12.4 Å². The summed E-state index contributed by atoms with van der Waals surface area (Å²) in [4.78, 5) is 6.58. The standard InChI is InChI=1S/C22H16F7N3O.ClH/c1-20(2,3)16-9-15(33-32-16)19-30-14-8-10(7-12(18(14)31-19)22(27,28)29)17-11(21(24,25)26)5-4-6-13(17)23;/h4-9H,1-3H3,(H,30,31);1H. The highest BCUT2D eigenvalue weighted by atomic mass is 35.5. The Balaban J connectivity index is 0.00000324. The van der Waals surface area contributed by atoms with E-state index in [1.165, 1.54) is 6.07 Å². The zero-order chi connectivity index (χ0) is 24.3. The summed E-state index contributed by atoms with van der Waals surface area (Å²) in [7, 11) is 0. The van der Waals surface area contributed by atoms with Crippen LogP contribution in [-0.2, 0) is 17.8 Å². The fourth-order valence-corrected chi connectivity index (χ4v) is 3.39. The number of aromatic nitrogens is 3. The third-order valence-corrected chi connectivity index (χ3v) is 5.01. The Morgan fingerprint density at radius 3 is 2.09 bits per heavy atom. The number of fused-ring (bicyclic) bond motifs is 1. The van der Waals surface area contributed by atoms with E-state index in [0.29, 0.717) is 17.8 Å². The molecule has 2 aromatic carbocycles. The first kappa shape index (κ1) is 25.5. The van der Waals surface area contributed by atoms with Crippen molar-refractivity contribution in [3.05, 3.63) is 59.0 Å². The van der Waals surface area contributed by atoms with Gasteiger partial charge in [-0.2, -0.15) is 26.3 Å². The number of nitrogens with zero attached hydrogens (tertiary/aromatic N) is 2. The summed E-state index contributed by atoms with van der Waals surface area (Å²) in [5.41, 5.74) is -4.94. The zero-order valence-electron chi connectivity index (χ0n) is 17.8. The lowest BCUT2D eigenvalue weighted by Crippen LogP contribution is -2.10. The molecule has 34 heavy (non-hydrogen) atoms. The van der Waals surface area contributed by atoms with Crippen molar-refractivity contribution >= 4 is 23.4 Å². The van der Waals surface area contributed by atoms with Crippen LogP contribution in [0.2, 0.25) is 0 Å². The van der Waals surface area contributed by atoms with Gasteiger partial charge in [0.1, 0.15) is 11.3 Å². The molecule has 4 nitrogen and oxygen atoms in total. The minimum atomic E-state index is -4.98. The summed E-state index contributed by atoms with van der Waals surface area (Å²) in [6.07, 6.45) is -9.95. The molecule has 0 bridgehead atoms. The van der Waals surface area contributed by atoms with E-state index in [9.17, 15) is 30.7 Å². The molecule has 0 saturated carbocycles. The number of hydrogen-bond donors (Lipinski definition) is 1. The molecular weight excluding hydrogens is 491 g/mol. The highest BCUT2D eigenvalue weighted by Gasteiger charge is 2.38. The maximum Gasteiger partial charge on any atom is 0.418 e. The van der Waals surface area contributed by atoms with Crippen LogP contribution in [0.1, 0.15) is 37.6 Å². The summed E-state index contributed by atoms with van der Waals surface area (Å²) in [6, 6.07) is 5.16. The second-order valence-corrected chi connectivity index (χ2v) is 8.49. The number of hydrogen-bond acceptors (Lipinski definition) is 3. The van der Waals surface area contributed by atoms with E-state index in [-0.39, 0.29) is 29.5 Å². The van der Waals surface area contributed by atoms with Crippen molar-refractivity contribution in [3.8, 4) is 22.7 Å². The lowest BCUT2D eigenvalue weighted by atomic mass is 9.92. The topological polar surface area (TPSA) is 54.7 Å². The normalized spacial score (nSPS) is 12.8.